The molecule has 0 saturated carbocycles. The molecule has 0 aliphatic carbocycles. The van der Waals surface area contributed by atoms with Gasteiger partial charge >= 0.3 is 0 Å². The Morgan fingerprint density at radius 1 is 1.25 bits per heavy atom. The van der Waals surface area contributed by atoms with Crippen LogP contribution < -0.4 is 5.43 Å². The summed E-state index contributed by atoms with van der Waals surface area (Å²) in [4.78, 5) is 0. The molecule has 2 nitrogen and oxygen atoms in total. The van der Waals surface area contributed by atoms with E-state index in [0.29, 0.717) is 6.42 Å². The summed E-state index contributed by atoms with van der Waals surface area (Å²) in [6.07, 6.45) is 8.86. The summed E-state index contributed by atoms with van der Waals surface area (Å²) in [7, 11) is 0. The van der Waals surface area contributed by atoms with E-state index in [2.05, 4.69) is 32.3 Å². The van der Waals surface area contributed by atoms with Crippen LogP contribution in [0.3, 0.4) is 0 Å². The molecule has 0 radical (unpaired) electrons. The molecule has 1 unspecified atom stereocenters. The summed E-state index contributed by atoms with van der Waals surface area (Å²) in [5.74, 6) is -2.28. The van der Waals surface area contributed by atoms with Crippen LogP contribution in [0.2, 0.25) is 0 Å². The Hall–Kier alpha value is -1.23. The fourth-order valence-electron chi connectivity index (χ4n) is 1.78. The smallest absolute Gasteiger partial charge is 0.162 e. The minimum Gasteiger partial charge on any atom is -0.310 e. The van der Waals surface area contributed by atoms with Crippen LogP contribution in [0.25, 0.3) is 0 Å². The van der Waals surface area contributed by atoms with Crippen LogP contribution in [0, 0.1) is 0 Å². The predicted molar refractivity (Wildman–Crippen MR) is 75.9 cm³/mol. The maximum atomic E-state index is 12.9. The molecule has 1 aliphatic rings. The molecule has 0 aromatic carbocycles. The molecule has 0 aromatic heterocycles. The molecule has 5 heteroatoms. The Morgan fingerprint density at radius 3 is 2.50 bits per heavy atom. The number of hydrazine groups is 1. The molecule has 0 fully saturated rings. The molecule has 1 atom stereocenters. The summed E-state index contributed by atoms with van der Waals surface area (Å²) in [6, 6.07) is 0.216. The Bertz CT molecular complexity index is 394. The van der Waals surface area contributed by atoms with Gasteiger partial charge in [-0.3, -0.25) is 0 Å². The van der Waals surface area contributed by atoms with Gasteiger partial charge < -0.3 is 5.01 Å². The number of nitrogens with zero attached hydrogens (tertiary/aromatic N) is 1. The first-order valence-corrected chi connectivity index (χ1v) is 6.82. The Balaban J connectivity index is 2.26. The van der Waals surface area contributed by atoms with Gasteiger partial charge in [0.1, 0.15) is 12.5 Å². The highest BCUT2D eigenvalue weighted by Gasteiger charge is 2.23. The van der Waals surface area contributed by atoms with Crippen LogP contribution in [0.1, 0.15) is 40.0 Å². The van der Waals surface area contributed by atoms with E-state index in [1.807, 2.05) is 17.3 Å². The van der Waals surface area contributed by atoms with Gasteiger partial charge in [-0.15, -0.1) is 0 Å². The third kappa shape index (κ3) is 5.41. The second-order valence-corrected chi connectivity index (χ2v) is 5.81. The number of hydrogen-bond acceptors (Lipinski definition) is 2. The molecule has 0 amide bonds. The van der Waals surface area contributed by atoms with Crippen molar-refractivity contribution < 1.29 is 13.2 Å². The standard InChI is InChI=1S/C15H23F3N2/c1-15(2,3)20-10-9-12(19-20)7-5-4-6-8-13(17)14(18)11-16/h4-5,9-10,12,19H,6-8,11H2,1-3H3/b5-4-,14-13-. The summed E-state index contributed by atoms with van der Waals surface area (Å²) in [6.45, 7) is 4.96. The van der Waals surface area contributed by atoms with E-state index in [9.17, 15) is 13.2 Å². The van der Waals surface area contributed by atoms with Crippen LogP contribution in [0.4, 0.5) is 13.2 Å². The largest absolute Gasteiger partial charge is 0.310 e. The second-order valence-electron chi connectivity index (χ2n) is 5.81. The van der Waals surface area contributed by atoms with Crippen LogP contribution in [0.5, 0.6) is 0 Å². The highest BCUT2D eigenvalue weighted by atomic mass is 19.2. The molecular weight excluding hydrogens is 265 g/mol. The maximum absolute atomic E-state index is 12.9. The molecule has 1 rings (SSSR count). The van der Waals surface area contributed by atoms with E-state index in [1.54, 1.807) is 6.08 Å². The molecule has 1 heterocycles. The lowest BCUT2D eigenvalue weighted by molar-refractivity contribution is 0.141. The van der Waals surface area contributed by atoms with E-state index in [0.717, 1.165) is 6.42 Å². The van der Waals surface area contributed by atoms with Crippen molar-refractivity contribution in [1.82, 2.24) is 10.4 Å². The average molecular weight is 288 g/mol. The van der Waals surface area contributed by atoms with E-state index >= 15 is 0 Å². The van der Waals surface area contributed by atoms with E-state index < -0.39 is 18.3 Å². The number of nitrogens with one attached hydrogen (secondary N) is 1. The predicted octanol–water partition coefficient (Wildman–Crippen LogP) is 4.33. The summed E-state index contributed by atoms with van der Waals surface area (Å²) in [5, 5.41) is 2.05. The van der Waals surface area contributed by atoms with E-state index in [-0.39, 0.29) is 18.0 Å². The zero-order chi connectivity index (χ0) is 15.2. The highest BCUT2D eigenvalue weighted by Crippen LogP contribution is 2.18. The van der Waals surface area contributed by atoms with Crippen molar-refractivity contribution in [2.45, 2.75) is 51.6 Å². The summed E-state index contributed by atoms with van der Waals surface area (Å²) >= 11 is 0. The van der Waals surface area contributed by atoms with Crippen LogP contribution in [0.15, 0.2) is 36.1 Å². The van der Waals surface area contributed by atoms with Crippen molar-refractivity contribution in [2.24, 2.45) is 0 Å². The Labute approximate surface area is 119 Å². The molecular formula is C15H23F3N2. The average Bonchev–Trinajstić information content (AvgIpc) is 2.85. The number of hydrogen-bond donors (Lipinski definition) is 1. The number of alkyl halides is 1. The molecule has 1 aliphatic heterocycles. The normalized spacial score (nSPS) is 20.9. The molecule has 0 aromatic rings. The van der Waals surface area contributed by atoms with E-state index in [4.69, 9.17) is 0 Å². The molecule has 20 heavy (non-hydrogen) atoms. The quantitative estimate of drug-likeness (QED) is 0.732. The molecule has 0 bridgehead atoms. The monoisotopic (exact) mass is 288 g/mol. The van der Waals surface area contributed by atoms with Gasteiger partial charge in [-0.05, 0) is 39.7 Å². The number of rotatable bonds is 6. The van der Waals surface area contributed by atoms with Crippen molar-refractivity contribution in [3.05, 3.63) is 36.1 Å². The lowest BCUT2D eigenvalue weighted by atomic mass is 10.1. The number of halogens is 3. The van der Waals surface area contributed by atoms with Gasteiger partial charge in [-0.2, -0.15) is 0 Å². The first kappa shape index (κ1) is 16.8. The topological polar surface area (TPSA) is 15.3 Å². The number of allylic oxidation sites excluding steroid dienone is 3. The summed E-state index contributed by atoms with van der Waals surface area (Å²) in [5.41, 5.74) is 3.36. The maximum Gasteiger partial charge on any atom is 0.162 e. The molecule has 114 valence electrons. The molecule has 0 saturated heterocycles. The summed E-state index contributed by atoms with van der Waals surface area (Å²) < 4.78 is 37.3. The van der Waals surface area contributed by atoms with Crippen LogP contribution >= 0.6 is 0 Å². The van der Waals surface area contributed by atoms with Crippen LogP contribution in [-0.2, 0) is 0 Å². The Morgan fingerprint density at radius 2 is 1.95 bits per heavy atom. The lowest BCUT2D eigenvalue weighted by Crippen LogP contribution is -2.46. The molecule has 1 N–H and O–H groups in total. The SMILES string of the molecule is CC(C)(C)N1C=CC(C/C=C\CC/C(F)=C(/F)CF)N1. The van der Waals surface area contributed by atoms with Gasteiger partial charge in [0, 0.05) is 24.2 Å². The fourth-order valence-corrected chi connectivity index (χ4v) is 1.78. The second kappa shape index (κ2) is 7.53. The van der Waals surface area contributed by atoms with Gasteiger partial charge in [0.25, 0.3) is 0 Å². The molecule has 0 spiro atoms. The van der Waals surface area contributed by atoms with Crippen molar-refractivity contribution in [1.29, 1.82) is 0 Å². The van der Waals surface area contributed by atoms with Gasteiger partial charge in [0.05, 0.1) is 0 Å². The third-order valence-electron chi connectivity index (χ3n) is 2.99. The third-order valence-corrected chi connectivity index (χ3v) is 2.99. The Kier molecular flexibility index (Phi) is 6.33. The van der Waals surface area contributed by atoms with Crippen LogP contribution in [-0.4, -0.2) is 23.3 Å². The minimum absolute atomic E-state index is 0.0206. The van der Waals surface area contributed by atoms with Crippen molar-refractivity contribution in [2.75, 3.05) is 6.67 Å². The lowest BCUT2D eigenvalue weighted by Gasteiger charge is -2.33. The highest BCUT2D eigenvalue weighted by molar-refractivity contribution is 5.06. The first-order valence-electron chi connectivity index (χ1n) is 6.82. The van der Waals surface area contributed by atoms with Gasteiger partial charge in [0.15, 0.2) is 5.83 Å². The van der Waals surface area contributed by atoms with Gasteiger partial charge in [-0.25, -0.2) is 18.6 Å². The van der Waals surface area contributed by atoms with Gasteiger partial charge in [-0.1, -0.05) is 12.2 Å². The first-order chi connectivity index (χ1) is 9.34. The van der Waals surface area contributed by atoms with Crippen molar-refractivity contribution >= 4 is 0 Å². The van der Waals surface area contributed by atoms with Crippen molar-refractivity contribution in [3.8, 4) is 0 Å². The van der Waals surface area contributed by atoms with Gasteiger partial charge in [0.2, 0.25) is 0 Å². The fraction of sp³-hybridized carbons (Fsp3) is 0.600. The minimum atomic E-state index is -1.37. The van der Waals surface area contributed by atoms with E-state index in [1.165, 1.54) is 0 Å². The zero-order valence-corrected chi connectivity index (χ0v) is 12.3. The van der Waals surface area contributed by atoms with Crippen molar-refractivity contribution in [3.63, 3.8) is 0 Å². The zero-order valence-electron chi connectivity index (χ0n) is 12.3.